The molecule has 132 valence electrons. The van der Waals surface area contributed by atoms with Crippen molar-refractivity contribution in [3.8, 4) is 0 Å². The number of nitrogens with zero attached hydrogens (tertiary/aromatic N) is 4. The largest absolute Gasteiger partial charge is 0.378 e. The van der Waals surface area contributed by atoms with Crippen LogP contribution in [-0.4, -0.2) is 52.0 Å². The lowest BCUT2D eigenvalue weighted by Gasteiger charge is -2.30. The zero-order chi connectivity index (χ0) is 17.2. The van der Waals surface area contributed by atoms with E-state index in [0.717, 1.165) is 24.2 Å². The lowest BCUT2D eigenvalue weighted by Crippen LogP contribution is -2.42. The van der Waals surface area contributed by atoms with Gasteiger partial charge in [-0.3, -0.25) is 4.79 Å². The van der Waals surface area contributed by atoms with Crippen LogP contribution in [-0.2, 0) is 9.53 Å². The Morgan fingerprint density at radius 2 is 1.92 bits per heavy atom. The molecule has 1 aromatic heterocycles. The molecular weight excluding hydrogens is 338 g/mol. The molecule has 2 fully saturated rings. The molecule has 8 heteroatoms. The molecule has 2 heterocycles. The highest BCUT2D eigenvalue weighted by atomic mass is 32.2. The number of carbonyl (C=O) groups is 1. The number of morpholine rings is 1. The number of carbonyl (C=O) groups excluding carboxylic acids is 1. The molecular formula is C17H21N5O2S. The van der Waals surface area contributed by atoms with Crippen LogP contribution < -0.4 is 5.84 Å². The van der Waals surface area contributed by atoms with E-state index < -0.39 is 5.25 Å². The zero-order valence-corrected chi connectivity index (χ0v) is 14.7. The molecule has 0 radical (unpaired) electrons. The van der Waals surface area contributed by atoms with Gasteiger partial charge in [-0.05, 0) is 18.4 Å². The predicted molar refractivity (Wildman–Crippen MR) is 94.6 cm³/mol. The SMILES string of the molecule is Nn1c(S[C@@H](C(=O)N2CCOCC2)c2ccccc2)nnc1C1CC1. The predicted octanol–water partition coefficient (Wildman–Crippen LogP) is 1.56. The molecule has 25 heavy (non-hydrogen) atoms. The summed E-state index contributed by atoms with van der Waals surface area (Å²) in [6, 6.07) is 9.77. The minimum absolute atomic E-state index is 0.0653. The number of nitrogens with two attached hydrogens (primary N) is 1. The van der Waals surface area contributed by atoms with E-state index in [1.165, 1.54) is 11.8 Å². The summed E-state index contributed by atoms with van der Waals surface area (Å²) in [5, 5.41) is 8.63. The summed E-state index contributed by atoms with van der Waals surface area (Å²) in [4.78, 5) is 15.0. The van der Waals surface area contributed by atoms with E-state index in [4.69, 9.17) is 10.6 Å². The fourth-order valence-electron chi connectivity index (χ4n) is 2.93. The molecule has 1 amide bonds. The highest BCUT2D eigenvalue weighted by molar-refractivity contribution is 8.00. The maximum absolute atomic E-state index is 13.1. The molecule has 7 nitrogen and oxygen atoms in total. The van der Waals surface area contributed by atoms with E-state index in [2.05, 4.69) is 10.2 Å². The van der Waals surface area contributed by atoms with Crippen LogP contribution in [0, 0.1) is 0 Å². The zero-order valence-electron chi connectivity index (χ0n) is 13.9. The first-order valence-electron chi connectivity index (χ1n) is 8.52. The van der Waals surface area contributed by atoms with Gasteiger partial charge in [-0.25, -0.2) is 4.68 Å². The first kappa shape index (κ1) is 16.4. The minimum Gasteiger partial charge on any atom is -0.378 e. The van der Waals surface area contributed by atoms with Crippen molar-refractivity contribution in [1.82, 2.24) is 19.8 Å². The molecule has 1 saturated heterocycles. The van der Waals surface area contributed by atoms with Gasteiger partial charge < -0.3 is 15.5 Å². The first-order chi connectivity index (χ1) is 12.2. The van der Waals surface area contributed by atoms with Gasteiger partial charge in [0, 0.05) is 19.0 Å². The Kier molecular flexibility index (Phi) is 4.63. The van der Waals surface area contributed by atoms with E-state index in [1.54, 1.807) is 4.68 Å². The number of hydrogen-bond acceptors (Lipinski definition) is 6. The number of amides is 1. The number of rotatable bonds is 5. The molecule has 1 aliphatic heterocycles. The van der Waals surface area contributed by atoms with Crippen LogP contribution in [0.5, 0.6) is 0 Å². The number of nitrogen functional groups attached to an aromatic ring is 1. The van der Waals surface area contributed by atoms with Crippen LogP contribution in [0.2, 0.25) is 0 Å². The number of aromatic nitrogens is 3. The molecule has 1 saturated carbocycles. The topological polar surface area (TPSA) is 86.3 Å². The highest BCUT2D eigenvalue weighted by Gasteiger charge is 2.33. The van der Waals surface area contributed by atoms with Crippen molar-refractivity contribution >= 4 is 17.7 Å². The van der Waals surface area contributed by atoms with Gasteiger partial charge in [-0.2, -0.15) is 0 Å². The molecule has 1 atom stereocenters. The van der Waals surface area contributed by atoms with Crippen LogP contribution in [0.25, 0.3) is 0 Å². The van der Waals surface area contributed by atoms with Crippen LogP contribution in [0.15, 0.2) is 35.5 Å². The standard InChI is InChI=1S/C17H21N5O2S/c18-22-15(13-6-7-13)19-20-17(22)25-14(12-4-2-1-3-5-12)16(23)21-8-10-24-11-9-21/h1-5,13-14H,6-11,18H2/t14-/m1/s1. The van der Waals surface area contributed by atoms with Crippen molar-refractivity contribution in [3.63, 3.8) is 0 Å². The van der Waals surface area contributed by atoms with Crippen molar-refractivity contribution in [2.45, 2.75) is 29.2 Å². The summed E-state index contributed by atoms with van der Waals surface area (Å²) in [6.07, 6.45) is 2.21. The molecule has 0 unspecified atom stereocenters. The van der Waals surface area contributed by atoms with Gasteiger partial charge in [0.1, 0.15) is 5.25 Å². The van der Waals surface area contributed by atoms with Gasteiger partial charge in [0.05, 0.1) is 13.2 Å². The Bertz CT molecular complexity index is 741. The smallest absolute Gasteiger partial charge is 0.240 e. The van der Waals surface area contributed by atoms with Crippen molar-refractivity contribution in [1.29, 1.82) is 0 Å². The normalized spacial score (nSPS) is 19.0. The van der Waals surface area contributed by atoms with Crippen molar-refractivity contribution in [2.75, 3.05) is 32.1 Å². The monoisotopic (exact) mass is 359 g/mol. The minimum atomic E-state index is -0.391. The second-order valence-electron chi connectivity index (χ2n) is 6.33. The van der Waals surface area contributed by atoms with Crippen LogP contribution >= 0.6 is 11.8 Å². The summed E-state index contributed by atoms with van der Waals surface area (Å²) in [5.41, 5.74) is 0.944. The Morgan fingerprint density at radius 1 is 1.20 bits per heavy atom. The maximum Gasteiger partial charge on any atom is 0.240 e. The Labute approximate surface area is 150 Å². The van der Waals surface area contributed by atoms with E-state index in [-0.39, 0.29) is 5.91 Å². The van der Waals surface area contributed by atoms with Crippen molar-refractivity contribution in [2.24, 2.45) is 0 Å². The Morgan fingerprint density at radius 3 is 2.60 bits per heavy atom. The van der Waals surface area contributed by atoms with Gasteiger partial charge in [0.25, 0.3) is 0 Å². The molecule has 2 aliphatic rings. The summed E-state index contributed by atoms with van der Waals surface area (Å²) < 4.78 is 6.91. The highest BCUT2D eigenvalue weighted by Crippen LogP contribution is 2.41. The molecule has 4 rings (SSSR count). The number of ether oxygens (including phenoxy) is 1. The summed E-state index contributed by atoms with van der Waals surface area (Å²) in [7, 11) is 0. The molecule has 0 bridgehead atoms. The van der Waals surface area contributed by atoms with E-state index in [9.17, 15) is 4.79 Å². The van der Waals surface area contributed by atoms with Gasteiger partial charge in [-0.15, -0.1) is 10.2 Å². The number of hydrogen-bond donors (Lipinski definition) is 1. The van der Waals surface area contributed by atoms with Gasteiger partial charge in [0.2, 0.25) is 11.1 Å². The van der Waals surface area contributed by atoms with E-state index in [1.807, 2.05) is 35.2 Å². The van der Waals surface area contributed by atoms with E-state index in [0.29, 0.717) is 37.4 Å². The van der Waals surface area contributed by atoms with Crippen molar-refractivity contribution < 1.29 is 9.53 Å². The second-order valence-corrected chi connectivity index (χ2v) is 7.40. The summed E-state index contributed by atoms with van der Waals surface area (Å²) in [5.74, 6) is 7.47. The fraction of sp³-hybridized carbons (Fsp3) is 0.471. The third kappa shape index (κ3) is 3.50. The van der Waals surface area contributed by atoms with Gasteiger partial charge in [-0.1, -0.05) is 42.1 Å². The van der Waals surface area contributed by atoms with Crippen LogP contribution in [0.4, 0.5) is 0 Å². The molecule has 2 N–H and O–H groups in total. The average molecular weight is 359 g/mol. The van der Waals surface area contributed by atoms with Crippen LogP contribution in [0.1, 0.15) is 35.4 Å². The Hall–Kier alpha value is -2.06. The number of benzene rings is 1. The van der Waals surface area contributed by atoms with Crippen molar-refractivity contribution in [3.05, 3.63) is 41.7 Å². The third-order valence-corrected chi connectivity index (χ3v) is 5.70. The van der Waals surface area contributed by atoms with Gasteiger partial charge >= 0.3 is 0 Å². The lowest BCUT2D eigenvalue weighted by molar-refractivity contribution is -0.134. The molecule has 2 aromatic rings. The lowest BCUT2D eigenvalue weighted by atomic mass is 10.1. The van der Waals surface area contributed by atoms with Gasteiger partial charge in [0.15, 0.2) is 5.82 Å². The second kappa shape index (κ2) is 7.05. The third-order valence-electron chi connectivity index (χ3n) is 4.51. The number of thioether (sulfide) groups is 1. The molecule has 1 aromatic carbocycles. The Balaban J connectivity index is 1.60. The fourth-order valence-corrected chi connectivity index (χ4v) is 3.98. The quantitative estimate of drug-likeness (QED) is 0.644. The van der Waals surface area contributed by atoms with E-state index >= 15 is 0 Å². The molecule has 1 aliphatic carbocycles. The summed E-state index contributed by atoms with van der Waals surface area (Å²) in [6.45, 7) is 2.39. The molecule has 0 spiro atoms. The first-order valence-corrected chi connectivity index (χ1v) is 9.40. The summed E-state index contributed by atoms with van der Waals surface area (Å²) >= 11 is 1.37. The maximum atomic E-state index is 13.1. The van der Waals surface area contributed by atoms with Crippen LogP contribution in [0.3, 0.4) is 0 Å². The average Bonchev–Trinajstić information content (AvgIpc) is 3.44.